The van der Waals surface area contributed by atoms with Gasteiger partial charge in [0.2, 0.25) is 11.6 Å². The predicted molar refractivity (Wildman–Crippen MR) is 120 cm³/mol. The van der Waals surface area contributed by atoms with Crippen LogP contribution in [0, 0.1) is 10.1 Å². The quantitative estimate of drug-likeness (QED) is 0.426. The van der Waals surface area contributed by atoms with Gasteiger partial charge in [0.15, 0.2) is 0 Å². The zero-order chi connectivity index (χ0) is 22.5. The van der Waals surface area contributed by atoms with E-state index in [-0.39, 0.29) is 23.0 Å². The maximum absolute atomic E-state index is 12.2. The number of piperazine rings is 1. The molecule has 1 saturated heterocycles. The fourth-order valence-electron chi connectivity index (χ4n) is 3.39. The summed E-state index contributed by atoms with van der Waals surface area (Å²) in [5.74, 6) is -0.470. The van der Waals surface area contributed by atoms with Gasteiger partial charge in [-0.05, 0) is 30.3 Å². The van der Waals surface area contributed by atoms with Crippen LogP contribution in [0.1, 0.15) is 10.5 Å². The molecule has 0 bridgehead atoms. The lowest BCUT2D eigenvalue weighted by Crippen LogP contribution is -2.47. The zero-order valence-electron chi connectivity index (χ0n) is 16.8. The highest BCUT2D eigenvalue weighted by Crippen LogP contribution is 2.32. The molecule has 1 aliphatic heterocycles. The van der Waals surface area contributed by atoms with Gasteiger partial charge in [0.05, 0.1) is 4.92 Å². The maximum Gasteiger partial charge on any atom is 0.355 e. The molecule has 3 aromatic rings. The van der Waals surface area contributed by atoms with Gasteiger partial charge in [0.25, 0.3) is 5.91 Å². The van der Waals surface area contributed by atoms with Crippen LogP contribution in [0.15, 0.2) is 55.0 Å². The Bertz CT molecular complexity index is 1120. The second-order valence-corrected chi connectivity index (χ2v) is 7.34. The van der Waals surface area contributed by atoms with Gasteiger partial charge in [-0.15, -0.1) is 0 Å². The van der Waals surface area contributed by atoms with Crippen molar-refractivity contribution >= 4 is 40.5 Å². The smallest absolute Gasteiger partial charge is 0.355 e. The molecule has 1 aromatic carbocycles. The number of benzene rings is 1. The van der Waals surface area contributed by atoms with Gasteiger partial charge in [-0.25, -0.2) is 9.97 Å². The molecule has 0 atom stereocenters. The Kier molecular flexibility index (Phi) is 6.26. The average Bonchev–Trinajstić information content (AvgIpc) is 2.83. The topological polar surface area (TPSA) is 129 Å². The summed E-state index contributed by atoms with van der Waals surface area (Å²) in [6, 6.07) is 12.4. The second kappa shape index (κ2) is 9.43. The first kappa shape index (κ1) is 21.2. The molecular formula is C20H19ClN8O3. The van der Waals surface area contributed by atoms with Crippen molar-refractivity contribution in [3.8, 4) is 0 Å². The number of hydrogen-bond donors (Lipinski definition) is 2. The van der Waals surface area contributed by atoms with Crippen molar-refractivity contribution in [1.29, 1.82) is 0 Å². The van der Waals surface area contributed by atoms with Crippen LogP contribution >= 0.6 is 11.6 Å². The number of hydrogen-bond acceptors (Lipinski definition) is 9. The number of carbonyl (C=O) groups excluding carboxylic acids is 1. The third-order valence-electron chi connectivity index (χ3n) is 4.93. The Morgan fingerprint density at radius 3 is 2.50 bits per heavy atom. The number of carbonyl (C=O) groups is 1. The minimum Gasteiger partial charge on any atom is -0.368 e. The largest absolute Gasteiger partial charge is 0.368 e. The van der Waals surface area contributed by atoms with Crippen LogP contribution in [-0.4, -0.2) is 52.0 Å². The Morgan fingerprint density at radius 2 is 1.81 bits per heavy atom. The average molecular weight is 455 g/mol. The molecular weight excluding hydrogens is 436 g/mol. The summed E-state index contributed by atoms with van der Waals surface area (Å²) in [4.78, 5) is 39.5. The Morgan fingerprint density at radius 1 is 1.03 bits per heavy atom. The summed E-state index contributed by atoms with van der Waals surface area (Å²) in [6.45, 7) is 2.32. The van der Waals surface area contributed by atoms with Crippen LogP contribution in [-0.2, 0) is 0 Å². The molecule has 1 aliphatic rings. The fraction of sp³-hybridized carbons (Fsp3) is 0.200. The van der Waals surface area contributed by atoms with Gasteiger partial charge in [-0.2, -0.15) is 0 Å². The minimum absolute atomic E-state index is 0.110. The number of nitro groups is 1. The molecule has 164 valence electrons. The molecule has 1 fully saturated rings. The normalized spacial score (nSPS) is 13.5. The second-order valence-electron chi connectivity index (χ2n) is 6.90. The van der Waals surface area contributed by atoms with Crippen molar-refractivity contribution in [2.24, 2.45) is 0 Å². The third-order valence-corrected chi connectivity index (χ3v) is 5.17. The summed E-state index contributed by atoms with van der Waals surface area (Å²) < 4.78 is 0. The van der Waals surface area contributed by atoms with E-state index >= 15 is 0 Å². The number of pyridine rings is 1. The molecule has 2 aromatic heterocycles. The van der Waals surface area contributed by atoms with Crippen molar-refractivity contribution in [3.05, 3.63) is 75.8 Å². The molecule has 11 nitrogen and oxygen atoms in total. The number of aromatic nitrogens is 3. The number of amides is 1. The predicted octanol–water partition coefficient (Wildman–Crippen LogP) is 2.52. The molecule has 3 heterocycles. The van der Waals surface area contributed by atoms with Gasteiger partial charge in [-0.3, -0.25) is 30.7 Å². The van der Waals surface area contributed by atoms with E-state index in [1.54, 1.807) is 12.1 Å². The molecule has 4 rings (SSSR count). The molecule has 0 unspecified atom stereocenters. The zero-order valence-corrected chi connectivity index (χ0v) is 17.6. The van der Waals surface area contributed by atoms with Gasteiger partial charge in [-0.1, -0.05) is 23.7 Å². The van der Waals surface area contributed by atoms with E-state index in [4.69, 9.17) is 11.6 Å². The summed E-state index contributed by atoms with van der Waals surface area (Å²) in [7, 11) is 0. The molecule has 2 N–H and O–H groups in total. The van der Waals surface area contributed by atoms with E-state index < -0.39 is 10.8 Å². The maximum atomic E-state index is 12.2. The van der Waals surface area contributed by atoms with Gasteiger partial charge in [0, 0.05) is 43.1 Å². The number of anilines is 3. The highest BCUT2D eigenvalue weighted by Gasteiger charge is 2.29. The van der Waals surface area contributed by atoms with E-state index in [0.717, 1.165) is 5.69 Å². The van der Waals surface area contributed by atoms with Crippen LogP contribution < -0.4 is 20.7 Å². The first-order valence-electron chi connectivity index (χ1n) is 9.75. The number of hydrazine groups is 1. The van der Waals surface area contributed by atoms with Gasteiger partial charge >= 0.3 is 5.69 Å². The van der Waals surface area contributed by atoms with Crippen LogP contribution in [0.25, 0.3) is 0 Å². The third kappa shape index (κ3) is 4.67. The summed E-state index contributed by atoms with van der Waals surface area (Å²) in [5, 5.41) is 12.5. The van der Waals surface area contributed by atoms with E-state index in [1.807, 2.05) is 29.2 Å². The number of nitrogens with zero attached hydrogens (tertiary/aromatic N) is 6. The first-order chi connectivity index (χ1) is 15.5. The van der Waals surface area contributed by atoms with Gasteiger partial charge in [0.1, 0.15) is 12.0 Å². The SMILES string of the molecule is O=C(NNc1ncnc(N2CCN(c3cccc(Cl)c3)CC2)c1[N+](=O)[O-])c1ccccn1. The van der Waals surface area contributed by atoms with Crippen LogP contribution in [0.3, 0.4) is 0 Å². The fourth-order valence-corrected chi connectivity index (χ4v) is 3.57. The minimum atomic E-state index is -0.562. The highest BCUT2D eigenvalue weighted by molar-refractivity contribution is 6.30. The van der Waals surface area contributed by atoms with Crippen molar-refractivity contribution in [2.45, 2.75) is 0 Å². The molecule has 1 amide bonds. The molecule has 0 spiro atoms. The van der Waals surface area contributed by atoms with Crippen LogP contribution in [0.4, 0.5) is 23.0 Å². The summed E-state index contributed by atoms with van der Waals surface area (Å²) in [6.07, 6.45) is 2.70. The molecule has 0 aliphatic carbocycles. The van der Waals surface area contributed by atoms with Gasteiger partial charge < -0.3 is 9.80 Å². The molecule has 12 heteroatoms. The van der Waals surface area contributed by atoms with E-state index in [1.165, 1.54) is 18.6 Å². The van der Waals surface area contributed by atoms with Crippen molar-refractivity contribution in [3.63, 3.8) is 0 Å². The monoisotopic (exact) mass is 454 g/mol. The lowest BCUT2D eigenvalue weighted by molar-refractivity contribution is -0.383. The summed E-state index contributed by atoms with van der Waals surface area (Å²) >= 11 is 6.08. The lowest BCUT2D eigenvalue weighted by Gasteiger charge is -2.36. The summed E-state index contributed by atoms with van der Waals surface area (Å²) in [5.41, 5.74) is 5.76. The first-order valence-corrected chi connectivity index (χ1v) is 10.1. The van der Waals surface area contributed by atoms with Crippen LogP contribution in [0.5, 0.6) is 0 Å². The highest BCUT2D eigenvalue weighted by atomic mass is 35.5. The molecule has 0 radical (unpaired) electrons. The standard InChI is InChI=1S/C20H19ClN8O3/c21-14-4-3-5-15(12-14)27-8-10-28(11-9-27)19-17(29(31)32)18(23-13-24-19)25-26-20(30)16-6-1-2-7-22-16/h1-7,12-13H,8-11H2,(H,26,30)(H,23,24,25). The van der Waals surface area contributed by atoms with Crippen molar-refractivity contribution < 1.29 is 9.72 Å². The Labute approximate surface area is 188 Å². The van der Waals surface area contributed by atoms with E-state index in [0.29, 0.717) is 31.2 Å². The number of nitrogens with one attached hydrogen (secondary N) is 2. The Hall–Kier alpha value is -3.99. The molecule has 32 heavy (non-hydrogen) atoms. The van der Waals surface area contributed by atoms with Crippen LogP contribution in [0.2, 0.25) is 5.02 Å². The number of halogens is 1. The molecule has 0 saturated carbocycles. The number of rotatable bonds is 6. The van der Waals surface area contributed by atoms with Crippen molar-refractivity contribution in [1.82, 2.24) is 20.4 Å². The Balaban J connectivity index is 1.48. The van der Waals surface area contributed by atoms with Crippen molar-refractivity contribution in [2.75, 3.05) is 41.4 Å². The lowest BCUT2D eigenvalue weighted by atomic mass is 10.2. The van der Waals surface area contributed by atoms with E-state index in [9.17, 15) is 14.9 Å². The van der Waals surface area contributed by atoms with E-state index in [2.05, 4.69) is 30.7 Å².